The van der Waals surface area contributed by atoms with Gasteiger partial charge in [-0.25, -0.2) is 8.78 Å². The van der Waals surface area contributed by atoms with Crippen molar-refractivity contribution in [2.45, 2.75) is 65.0 Å². The van der Waals surface area contributed by atoms with E-state index in [1.165, 1.54) is 23.8 Å². The SMILES string of the molecule is CCCN(Cc1ccccc1)C(C)CCC(C#N)(c1c(F)cccc1F)C(C)C. The molecule has 0 fully saturated rings. The lowest BCUT2D eigenvalue weighted by Gasteiger charge is -2.35. The smallest absolute Gasteiger partial charge is 0.130 e. The van der Waals surface area contributed by atoms with E-state index >= 15 is 0 Å². The Morgan fingerprint density at radius 2 is 1.62 bits per heavy atom. The van der Waals surface area contributed by atoms with E-state index in [-0.39, 0.29) is 17.5 Å². The average Bonchev–Trinajstić information content (AvgIpc) is 2.70. The van der Waals surface area contributed by atoms with E-state index in [4.69, 9.17) is 0 Å². The van der Waals surface area contributed by atoms with E-state index in [1.54, 1.807) is 0 Å². The van der Waals surface area contributed by atoms with Gasteiger partial charge in [-0.3, -0.25) is 4.90 Å². The molecule has 2 aromatic rings. The molecule has 2 atom stereocenters. The minimum Gasteiger partial charge on any atom is -0.296 e. The van der Waals surface area contributed by atoms with Crippen molar-refractivity contribution in [3.05, 3.63) is 71.3 Å². The summed E-state index contributed by atoms with van der Waals surface area (Å²) in [6, 6.07) is 16.6. The van der Waals surface area contributed by atoms with Crippen LogP contribution in [0, 0.1) is 28.9 Å². The summed E-state index contributed by atoms with van der Waals surface area (Å²) in [5, 5.41) is 10.0. The molecule has 2 rings (SSSR count). The number of nitriles is 1. The maximum atomic E-state index is 14.6. The fraction of sp³-hybridized carbons (Fsp3) is 0.480. The van der Waals surface area contributed by atoms with E-state index in [0.717, 1.165) is 19.5 Å². The highest BCUT2D eigenvalue weighted by molar-refractivity contribution is 5.36. The standard InChI is InChI=1S/C25H32F2N2/c1-5-16-29(17-21-10-7-6-8-11-21)20(4)14-15-25(18-28,19(2)3)24-22(26)12-9-13-23(24)27/h6-13,19-20H,5,14-17H2,1-4H3. The molecule has 156 valence electrons. The molecular formula is C25H32F2N2. The number of benzene rings is 2. The fourth-order valence-electron chi connectivity index (χ4n) is 4.05. The molecule has 0 heterocycles. The Kier molecular flexibility index (Phi) is 8.34. The van der Waals surface area contributed by atoms with Crippen molar-refractivity contribution in [1.82, 2.24) is 4.90 Å². The molecule has 4 heteroatoms. The molecule has 0 saturated heterocycles. The first-order valence-corrected chi connectivity index (χ1v) is 10.5. The van der Waals surface area contributed by atoms with E-state index in [9.17, 15) is 14.0 Å². The third-order valence-electron chi connectivity index (χ3n) is 5.91. The largest absolute Gasteiger partial charge is 0.296 e. The first kappa shape index (κ1) is 23.0. The summed E-state index contributed by atoms with van der Waals surface area (Å²) >= 11 is 0. The van der Waals surface area contributed by atoms with Crippen LogP contribution in [0.25, 0.3) is 0 Å². The van der Waals surface area contributed by atoms with Crippen LogP contribution in [0.15, 0.2) is 48.5 Å². The van der Waals surface area contributed by atoms with E-state index in [1.807, 2.05) is 32.0 Å². The Bertz CT molecular complexity index is 793. The van der Waals surface area contributed by atoms with Crippen molar-refractivity contribution < 1.29 is 8.78 Å². The lowest BCUT2D eigenvalue weighted by molar-refractivity contribution is 0.176. The van der Waals surface area contributed by atoms with Gasteiger partial charge in [-0.15, -0.1) is 0 Å². The molecule has 2 nitrogen and oxygen atoms in total. The van der Waals surface area contributed by atoms with Gasteiger partial charge in [0.2, 0.25) is 0 Å². The van der Waals surface area contributed by atoms with Gasteiger partial charge in [0, 0.05) is 18.2 Å². The van der Waals surface area contributed by atoms with Crippen LogP contribution in [-0.4, -0.2) is 17.5 Å². The molecule has 0 amide bonds. The van der Waals surface area contributed by atoms with Gasteiger partial charge in [0.25, 0.3) is 0 Å². The lowest BCUT2D eigenvalue weighted by atomic mass is 9.69. The Hall–Kier alpha value is -2.25. The summed E-state index contributed by atoms with van der Waals surface area (Å²) in [4.78, 5) is 2.38. The fourth-order valence-corrected chi connectivity index (χ4v) is 4.05. The van der Waals surface area contributed by atoms with Gasteiger partial charge in [-0.05, 0) is 56.3 Å². The molecule has 0 aliphatic rings. The molecular weight excluding hydrogens is 366 g/mol. The molecule has 2 unspecified atom stereocenters. The van der Waals surface area contributed by atoms with Crippen LogP contribution in [0.4, 0.5) is 8.78 Å². The zero-order valence-electron chi connectivity index (χ0n) is 18.0. The molecule has 2 aromatic carbocycles. The van der Waals surface area contributed by atoms with Crippen LogP contribution in [-0.2, 0) is 12.0 Å². The molecule has 0 spiro atoms. The summed E-state index contributed by atoms with van der Waals surface area (Å²) in [5.74, 6) is -1.48. The zero-order valence-corrected chi connectivity index (χ0v) is 18.0. The maximum absolute atomic E-state index is 14.6. The van der Waals surface area contributed by atoms with Crippen molar-refractivity contribution in [3.8, 4) is 6.07 Å². The van der Waals surface area contributed by atoms with Gasteiger partial charge in [-0.1, -0.05) is 57.2 Å². The number of hydrogen-bond donors (Lipinski definition) is 0. The van der Waals surface area contributed by atoms with Crippen molar-refractivity contribution in [2.24, 2.45) is 5.92 Å². The Morgan fingerprint density at radius 1 is 1.00 bits per heavy atom. The number of halogens is 2. The van der Waals surface area contributed by atoms with Crippen LogP contribution < -0.4 is 0 Å². The topological polar surface area (TPSA) is 27.0 Å². The number of hydrogen-bond acceptors (Lipinski definition) is 2. The van der Waals surface area contributed by atoms with Gasteiger partial charge in [0.1, 0.15) is 11.6 Å². The molecule has 0 radical (unpaired) electrons. The molecule has 0 N–H and O–H groups in total. The van der Waals surface area contributed by atoms with Crippen LogP contribution in [0.5, 0.6) is 0 Å². The maximum Gasteiger partial charge on any atom is 0.130 e. The summed E-state index contributed by atoms with van der Waals surface area (Å²) in [7, 11) is 0. The number of rotatable bonds is 10. The van der Waals surface area contributed by atoms with Gasteiger partial charge in [0.05, 0.1) is 11.5 Å². The van der Waals surface area contributed by atoms with Crippen LogP contribution in [0.2, 0.25) is 0 Å². The molecule has 0 saturated carbocycles. The third-order valence-corrected chi connectivity index (χ3v) is 5.91. The Balaban J connectivity index is 2.24. The first-order chi connectivity index (χ1) is 13.9. The Morgan fingerprint density at radius 3 is 2.14 bits per heavy atom. The van der Waals surface area contributed by atoms with Crippen molar-refractivity contribution in [2.75, 3.05) is 6.54 Å². The molecule has 29 heavy (non-hydrogen) atoms. The van der Waals surface area contributed by atoms with Gasteiger partial charge >= 0.3 is 0 Å². The highest BCUT2D eigenvalue weighted by Gasteiger charge is 2.40. The van der Waals surface area contributed by atoms with Crippen LogP contribution in [0.3, 0.4) is 0 Å². The van der Waals surface area contributed by atoms with Gasteiger partial charge < -0.3 is 0 Å². The summed E-state index contributed by atoms with van der Waals surface area (Å²) in [6.07, 6.45) is 2.12. The molecule has 0 aliphatic heterocycles. The summed E-state index contributed by atoms with van der Waals surface area (Å²) < 4.78 is 29.2. The van der Waals surface area contributed by atoms with Crippen LogP contribution in [0.1, 0.15) is 58.1 Å². The zero-order chi connectivity index (χ0) is 21.4. The highest BCUT2D eigenvalue weighted by atomic mass is 19.1. The second-order valence-corrected chi connectivity index (χ2v) is 8.18. The monoisotopic (exact) mass is 398 g/mol. The first-order valence-electron chi connectivity index (χ1n) is 10.5. The van der Waals surface area contributed by atoms with Crippen molar-refractivity contribution in [1.29, 1.82) is 5.26 Å². The van der Waals surface area contributed by atoms with Crippen molar-refractivity contribution >= 4 is 0 Å². The summed E-state index contributed by atoms with van der Waals surface area (Å²) in [5.41, 5.74) is -0.0351. The van der Waals surface area contributed by atoms with Gasteiger partial charge in [-0.2, -0.15) is 5.26 Å². The normalized spacial score (nSPS) is 14.6. The predicted octanol–water partition coefficient (Wildman–Crippen LogP) is 6.46. The summed E-state index contributed by atoms with van der Waals surface area (Å²) in [6.45, 7) is 9.78. The van der Waals surface area contributed by atoms with Gasteiger partial charge in [0.15, 0.2) is 0 Å². The third kappa shape index (κ3) is 5.42. The molecule has 0 bridgehead atoms. The quantitative estimate of drug-likeness (QED) is 0.459. The van der Waals surface area contributed by atoms with E-state index < -0.39 is 17.0 Å². The Labute approximate surface area is 174 Å². The average molecular weight is 399 g/mol. The second-order valence-electron chi connectivity index (χ2n) is 8.18. The van der Waals surface area contributed by atoms with Crippen LogP contribution >= 0.6 is 0 Å². The highest BCUT2D eigenvalue weighted by Crippen LogP contribution is 2.40. The minimum atomic E-state index is -1.19. The van der Waals surface area contributed by atoms with Crippen molar-refractivity contribution in [3.63, 3.8) is 0 Å². The minimum absolute atomic E-state index is 0.0881. The predicted molar refractivity (Wildman–Crippen MR) is 114 cm³/mol. The molecule has 0 aliphatic carbocycles. The van der Waals surface area contributed by atoms with E-state index in [2.05, 4.69) is 36.9 Å². The van der Waals surface area contributed by atoms with E-state index in [0.29, 0.717) is 12.8 Å². The lowest BCUT2D eigenvalue weighted by Crippen LogP contribution is -2.38. The second kappa shape index (κ2) is 10.5. The molecule has 0 aromatic heterocycles. The number of nitrogens with zero attached hydrogens (tertiary/aromatic N) is 2.